The minimum Gasteiger partial charge on any atom is -0.397 e. The number of carbonyl (C=O) groups excluding carboxylic acids is 2. The predicted molar refractivity (Wildman–Crippen MR) is 133 cm³/mol. The van der Waals surface area contributed by atoms with Gasteiger partial charge in [0.2, 0.25) is 0 Å². The number of nitrogens with two attached hydrogens (primary N) is 2. The number of hydrogen-bond donors (Lipinski definition) is 4. The van der Waals surface area contributed by atoms with Crippen molar-refractivity contribution in [1.29, 1.82) is 0 Å². The third kappa shape index (κ3) is 5.27. The Hall–Kier alpha value is -3.80. The normalized spacial score (nSPS) is 10.9. The summed E-state index contributed by atoms with van der Waals surface area (Å²) in [6, 6.07) is 18.2. The molecule has 0 aliphatic heterocycles. The molecule has 0 aromatic heterocycles. The summed E-state index contributed by atoms with van der Waals surface area (Å²) < 4.78 is 0. The molecule has 3 aromatic rings. The molecule has 1 amide bonds. The summed E-state index contributed by atoms with van der Waals surface area (Å²) in [7, 11) is 0. The number of hydrogen-bond acceptors (Lipinski definition) is 5. The second-order valence-corrected chi connectivity index (χ2v) is 8.45. The molecule has 3 rings (SSSR count). The number of benzene rings is 3. The number of amides is 1. The van der Waals surface area contributed by atoms with Crippen molar-refractivity contribution in [2.75, 3.05) is 22.1 Å². The largest absolute Gasteiger partial charge is 0.397 e. The van der Waals surface area contributed by atoms with Crippen LogP contribution in [0, 0.1) is 5.92 Å². The van der Waals surface area contributed by atoms with E-state index in [-0.39, 0.29) is 23.7 Å². The van der Waals surface area contributed by atoms with E-state index in [4.69, 9.17) is 11.5 Å². The molecule has 32 heavy (non-hydrogen) atoms. The van der Waals surface area contributed by atoms with Gasteiger partial charge in [0.05, 0.1) is 22.7 Å². The molecule has 166 valence electrons. The van der Waals surface area contributed by atoms with Crippen LogP contribution in [0.25, 0.3) is 11.1 Å². The second-order valence-electron chi connectivity index (χ2n) is 8.45. The van der Waals surface area contributed by atoms with Crippen LogP contribution in [0.4, 0.5) is 22.7 Å². The summed E-state index contributed by atoms with van der Waals surface area (Å²) in [6.07, 6.45) is 0. The first-order valence-electron chi connectivity index (χ1n) is 10.7. The number of nitrogens with one attached hydrogen (secondary N) is 2. The topological polar surface area (TPSA) is 110 Å². The van der Waals surface area contributed by atoms with E-state index < -0.39 is 0 Å². The Bertz CT molecular complexity index is 1140. The average Bonchev–Trinajstić information content (AvgIpc) is 2.75. The molecule has 0 bridgehead atoms. The molecule has 0 aliphatic rings. The van der Waals surface area contributed by atoms with Crippen molar-refractivity contribution in [1.82, 2.24) is 0 Å². The zero-order valence-electron chi connectivity index (χ0n) is 18.9. The van der Waals surface area contributed by atoms with Crippen LogP contribution in [-0.2, 0) is 0 Å². The molecular weight excluding hydrogens is 400 g/mol. The summed E-state index contributed by atoms with van der Waals surface area (Å²) in [5.74, 6) is -0.335. The lowest BCUT2D eigenvalue weighted by molar-refractivity contribution is 0.0938. The van der Waals surface area contributed by atoms with E-state index in [1.807, 2.05) is 44.2 Å². The summed E-state index contributed by atoms with van der Waals surface area (Å²) in [4.78, 5) is 24.7. The van der Waals surface area contributed by atoms with Crippen molar-refractivity contribution in [3.63, 3.8) is 0 Å². The van der Waals surface area contributed by atoms with E-state index in [1.165, 1.54) is 0 Å². The van der Waals surface area contributed by atoms with Gasteiger partial charge in [-0.2, -0.15) is 0 Å². The first-order valence-corrected chi connectivity index (χ1v) is 10.7. The van der Waals surface area contributed by atoms with Crippen molar-refractivity contribution in [3.05, 3.63) is 71.8 Å². The highest BCUT2D eigenvalue weighted by molar-refractivity contribution is 6.07. The van der Waals surface area contributed by atoms with Crippen molar-refractivity contribution < 1.29 is 9.59 Å². The lowest BCUT2D eigenvalue weighted by Crippen LogP contribution is -2.14. The van der Waals surface area contributed by atoms with E-state index in [1.54, 1.807) is 30.3 Å². The number of Topliss-reactive ketones (excluding diaryl/α,β-unsaturated/α-hetero) is 1. The SMILES string of the molecule is CC(C)Nc1ccc(-c2ccc(NC(=O)c3ccc(C(=O)C(C)C)cc3)c(N)c2)cc1N. The van der Waals surface area contributed by atoms with Crippen LogP contribution in [0.5, 0.6) is 0 Å². The molecular formula is C26H30N4O2. The lowest BCUT2D eigenvalue weighted by Gasteiger charge is -2.14. The monoisotopic (exact) mass is 430 g/mol. The molecule has 0 unspecified atom stereocenters. The van der Waals surface area contributed by atoms with Gasteiger partial charge in [0.25, 0.3) is 5.91 Å². The van der Waals surface area contributed by atoms with Gasteiger partial charge in [0.1, 0.15) is 0 Å². The fraction of sp³-hybridized carbons (Fsp3) is 0.231. The molecule has 0 aliphatic carbocycles. The minimum atomic E-state index is -0.290. The molecule has 0 spiro atoms. The first kappa shape index (κ1) is 22.9. The van der Waals surface area contributed by atoms with Crippen molar-refractivity contribution >= 4 is 34.4 Å². The van der Waals surface area contributed by atoms with Gasteiger partial charge in [-0.3, -0.25) is 9.59 Å². The van der Waals surface area contributed by atoms with Crippen LogP contribution < -0.4 is 22.1 Å². The van der Waals surface area contributed by atoms with Gasteiger partial charge in [0, 0.05) is 23.1 Å². The zero-order valence-corrected chi connectivity index (χ0v) is 18.9. The fourth-order valence-corrected chi connectivity index (χ4v) is 3.35. The standard InChI is InChI=1S/C26H30N4O2/c1-15(2)25(31)17-5-7-18(8-6-17)26(32)30-24-12-10-20(14-22(24)28)19-9-11-23(21(27)13-19)29-16(3)4/h5-16,29H,27-28H2,1-4H3,(H,30,32). The Kier molecular flexibility index (Phi) is 6.83. The van der Waals surface area contributed by atoms with E-state index >= 15 is 0 Å². The van der Waals surface area contributed by atoms with E-state index in [2.05, 4.69) is 24.5 Å². The molecule has 0 fully saturated rings. The van der Waals surface area contributed by atoms with Crippen LogP contribution >= 0.6 is 0 Å². The maximum Gasteiger partial charge on any atom is 0.255 e. The van der Waals surface area contributed by atoms with Crippen molar-refractivity contribution in [3.8, 4) is 11.1 Å². The second kappa shape index (κ2) is 9.56. The highest BCUT2D eigenvalue weighted by Gasteiger charge is 2.13. The number of anilines is 4. The Morgan fingerprint density at radius 2 is 1.22 bits per heavy atom. The van der Waals surface area contributed by atoms with Crippen LogP contribution in [0.2, 0.25) is 0 Å². The van der Waals surface area contributed by atoms with Gasteiger partial charge in [-0.25, -0.2) is 0 Å². The van der Waals surface area contributed by atoms with Gasteiger partial charge < -0.3 is 22.1 Å². The number of ketones is 1. The predicted octanol–water partition coefficient (Wildman–Crippen LogP) is 5.43. The van der Waals surface area contributed by atoms with Crippen LogP contribution in [-0.4, -0.2) is 17.7 Å². The Morgan fingerprint density at radius 3 is 1.69 bits per heavy atom. The van der Waals surface area contributed by atoms with Gasteiger partial charge in [0.15, 0.2) is 5.78 Å². The molecule has 6 N–H and O–H groups in total. The highest BCUT2D eigenvalue weighted by atomic mass is 16.1. The van der Waals surface area contributed by atoms with Crippen molar-refractivity contribution in [2.24, 2.45) is 5.92 Å². The number of rotatable bonds is 7. The molecule has 0 saturated heterocycles. The fourth-order valence-electron chi connectivity index (χ4n) is 3.35. The number of carbonyl (C=O) groups is 2. The quantitative estimate of drug-likeness (QED) is 0.295. The summed E-state index contributed by atoms with van der Waals surface area (Å²) in [6.45, 7) is 7.81. The van der Waals surface area contributed by atoms with E-state index in [0.29, 0.717) is 28.2 Å². The molecule has 0 saturated carbocycles. The van der Waals surface area contributed by atoms with Gasteiger partial charge in [-0.15, -0.1) is 0 Å². The molecule has 0 atom stereocenters. The Morgan fingerprint density at radius 1 is 0.719 bits per heavy atom. The van der Waals surface area contributed by atoms with Crippen LogP contribution in [0.15, 0.2) is 60.7 Å². The molecule has 3 aromatic carbocycles. The van der Waals surface area contributed by atoms with Crippen LogP contribution in [0.1, 0.15) is 48.4 Å². The third-order valence-electron chi connectivity index (χ3n) is 5.08. The van der Waals surface area contributed by atoms with Gasteiger partial charge in [-0.1, -0.05) is 38.1 Å². The third-order valence-corrected chi connectivity index (χ3v) is 5.08. The van der Waals surface area contributed by atoms with Crippen molar-refractivity contribution in [2.45, 2.75) is 33.7 Å². The molecule has 6 nitrogen and oxygen atoms in total. The van der Waals surface area contributed by atoms with E-state index in [9.17, 15) is 9.59 Å². The summed E-state index contributed by atoms with van der Waals surface area (Å²) in [5, 5.41) is 6.14. The van der Waals surface area contributed by atoms with Gasteiger partial charge >= 0.3 is 0 Å². The highest BCUT2D eigenvalue weighted by Crippen LogP contribution is 2.31. The first-order chi connectivity index (χ1) is 15.2. The summed E-state index contributed by atoms with van der Waals surface area (Å²) in [5.41, 5.74) is 17.8. The maximum absolute atomic E-state index is 12.6. The lowest BCUT2D eigenvalue weighted by atomic mass is 10.00. The summed E-state index contributed by atoms with van der Waals surface area (Å²) >= 11 is 0. The molecule has 6 heteroatoms. The Labute approximate surface area is 189 Å². The average molecular weight is 431 g/mol. The zero-order chi connectivity index (χ0) is 23.4. The van der Waals surface area contributed by atoms with Gasteiger partial charge in [-0.05, 0) is 61.4 Å². The molecule has 0 heterocycles. The van der Waals surface area contributed by atoms with Crippen LogP contribution in [0.3, 0.4) is 0 Å². The molecule has 0 radical (unpaired) electrons. The minimum absolute atomic E-state index is 0.0467. The smallest absolute Gasteiger partial charge is 0.255 e. The van der Waals surface area contributed by atoms with E-state index in [0.717, 1.165) is 16.8 Å². The Balaban J connectivity index is 1.75. The maximum atomic E-state index is 12.6. The number of nitrogen functional groups attached to an aromatic ring is 2.